The number of aryl methyl sites for hydroxylation is 1. The van der Waals surface area contributed by atoms with Gasteiger partial charge in [0.05, 0.1) is 23.6 Å². The van der Waals surface area contributed by atoms with Gasteiger partial charge in [-0.05, 0) is 66.9 Å². The summed E-state index contributed by atoms with van der Waals surface area (Å²) >= 11 is 0. The molecule has 180 valence electrons. The van der Waals surface area contributed by atoms with E-state index in [1.165, 1.54) is 5.56 Å². The molecule has 0 fully saturated rings. The number of nitrogens with one attached hydrogen (secondary N) is 1. The number of rotatable bonds is 8. The lowest BCUT2D eigenvalue weighted by atomic mass is 10.1. The van der Waals surface area contributed by atoms with Crippen molar-refractivity contribution in [2.75, 3.05) is 0 Å². The van der Waals surface area contributed by atoms with Crippen LogP contribution in [0.15, 0.2) is 67.1 Å². The number of Topliss-reactive ketones (excluding diaryl/α,β-unsaturated/α-hetero) is 1. The van der Waals surface area contributed by atoms with Crippen LogP contribution in [0.2, 0.25) is 0 Å². The van der Waals surface area contributed by atoms with E-state index in [0.29, 0.717) is 30.2 Å². The fourth-order valence-electron chi connectivity index (χ4n) is 3.68. The SMILES string of the molecule is CC.CC(=O)C(C)NCc1cncn1Cc1ccc(C#N)c(Oc2ccc3cccc(C)c3c2)c1. The summed E-state index contributed by atoms with van der Waals surface area (Å²) in [6.45, 7) is 10.6. The molecule has 0 aliphatic rings. The number of ether oxygens (including phenoxy) is 1. The Kier molecular flexibility index (Phi) is 8.77. The van der Waals surface area contributed by atoms with Gasteiger partial charge >= 0.3 is 0 Å². The quantitative estimate of drug-likeness (QED) is 0.335. The van der Waals surface area contributed by atoms with Crippen LogP contribution in [0.1, 0.15) is 50.1 Å². The van der Waals surface area contributed by atoms with E-state index in [4.69, 9.17) is 4.74 Å². The van der Waals surface area contributed by atoms with Gasteiger partial charge in [-0.1, -0.05) is 44.2 Å². The van der Waals surface area contributed by atoms with Gasteiger partial charge in [0.2, 0.25) is 0 Å². The van der Waals surface area contributed by atoms with Crippen LogP contribution in [0.5, 0.6) is 11.5 Å². The summed E-state index contributed by atoms with van der Waals surface area (Å²) in [5, 5.41) is 15.1. The van der Waals surface area contributed by atoms with Crippen LogP contribution < -0.4 is 10.1 Å². The molecule has 0 amide bonds. The average molecular weight is 469 g/mol. The fraction of sp³-hybridized carbons (Fsp3) is 0.276. The summed E-state index contributed by atoms with van der Waals surface area (Å²) in [5.41, 5.74) is 3.61. The van der Waals surface area contributed by atoms with E-state index in [0.717, 1.165) is 22.0 Å². The molecule has 0 saturated carbocycles. The number of imidazole rings is 1. The van der Waals surface area contributed by atoms with Crippen molar-refractivity contribution in [3.8, 4) is 17.6 Å². The van der Waals surface area contributed by atoms with Gasteiger partial charge < -0.3 is 14.6 Å². The molecule has 35 heavy (non-hydrogen) atoms. The number of fused-ring (bicyclic) bond motifs is 1. The van der Waals surface area contributed by atoms with E-state index in [1.807, 2.05) is 61.7 Å². The molecule has 0 spiro atoms. The van der Waals surface area contributed by atoms with Crippen LogP contribution in [-0.2, 0) is 17.9 Å². The molecule has 0 saturated heterocycles. The minimum atomic E-state index is -0.214. The normalized spacial score (nSPS) is 11.3. The van der Waals surface area contributed by atoms with E-state index in [9.17, 15) is 10.1 Å². The third-order valence-corrected chi connectivity index (χ3v) is 5.82. The van der Waals surface area contributed by atoms with Gasteiger partial charge in [-0.3, -0.25) is 4.79 Å². The van der Waals surface area contributed by atoms with Crippen molar-refractivity contribution in [3.63, 3.8) is 0 Å². The zero-order valence-corrected chi connectivity index (χ0v) is 21.0. The maximum atomic E-state index is 11.5. The Morgan fingerprint density at radius 3 is 2.71 bits per heavy atom. The Morgan fingerprint density at radius 1 is 1.17 bits per heavy atom. The van der Waals surface area contributed by atoms with Crippen LogP contribution in [0, 0.1) is 18.3 Å². The van der Waals surface area contributed by atoms with Crippen LogP contribution in [-0.4, -0.2) is 21.4 Å². The van der Waals surface area contributed by atoms with E-state index in [1.54, 1.807) is 25.5 Å². The number of hydrogen-bond donors (Lipinski definition) is 1. The van der Waals surface area contributed by atoms with Crippen molar-refractivity contribution in [3.05, 3.63) is 89.5 Å². The first-order valence-corrected chi connectivity index (χ1v) is 11.9. The highest BCUT2D eigenvalue weighted by Crippen LogP contribution is 2.30. The van der Waals surface area contributed by atoms with Crippen LogP contribution >= 0.6 is 0 Å². The summed E-state index contributed by atoms with van der Waals surface area (Å²) in [4.78, 5) is 15.7. The Bertz CT molecular complexity index is 1350. The molecule has 0 aliphatic carbocycles. The lowest BCUT2D eigenvalue weighted by Crippen LogP contribution is -2.32. The largest absolute Gasteiger partial charge is 0.456 e. The minimum absolute atomic E-state index is 0.0961. The van der Waals surface area contributed by atoms with E-state index < -0.39 is 0 Å². The molecule has 0 aliphatic heterocycles. The number of carbonyl (C=O) groups is 1. The van der Waals surface area contributed by atoms with Crippen molar-refractivity contribution in [1.82, 2.24) is 14.9 Å². The number of nitrogens with zero attached hydrogens (tertiary/aromatic N) is 3. The molecule has 6 nitrogen and oxygen atoms in total. The lowest BCUT2D eigenvalue weighted by Gasteiger charge is -2.14. The second-order valence-corrected chi connectivity index (χ2v) is 8.23. The van der Waals surface area contributed by atoms with Crippen LogP contribution in [0.25, 0.3) is 10.8 Å². The molecule has 1 N–H and O–H groups in total. The molecule has 6 heteroatoms. The van der Waals surface area contributed by atoms with Gasteiger partial charge in [-0.25, -0.2) is 4.98 Å². The molecular formula is C29H32N4O2. The van der Waals surface area contributed by atoms with Crippen molar-refractivity contribution < 1.29 is 9.53 Å². The third kappa shape index (κ3) is 6.34. The number of nitriles is 1. The first kappa shape index (κ1) is 25.7. The topological polar surface area (TPSA) is 79.9 Å². The predicted molar refractivity (Wildman–Crippen MR) is 140 cm³/mol. The minimum Gasteiger partial charge on any atom is -0.456 e. The monoisotopic (exact) mass is 468 g/mol. The molecule has 1 atom stereocenters. The molecule has 4 aromatic rings. The molecule has 0 bridgehead atoms. The Morgan fingerprint density at radius 2 is 1.97 bits per heavy atom. The molecule has 1 unspecified atom stereocenters. The number of benzene rings is 3. The number of ketones is 1. The Balaban J connectivity index is 0.00000167. The third-order valence-electron chi connectivity index (χ3n) is 5.82. The Hall–Kier alpha value is -3.95. The summed E-state index contributed by atoms with van der Waals surface area (Å²) in [5.74, 6) is 1.31. The highest BCUT2D eigenvalue weighted by molar-refractivity contribution is 5.86. The number of aromatic nitrogens is 2. The van der Waals surface area contributed by atoms with Crippen LogP contribution in [0.3, 0.4) is 0 Å². The summed E-state index contributed by atoms with van der Waals surface area (Å²) in [6.07, 6.45) is 3.55. The second kappa shape index (κ2) is 12.0. The highest BCUT2D eigenvalue weighted by Gasteiger charge is 2.11. The van der Waals surface area contributed by atoms with Crippen molar-refractivity contribution in [1.29, 1.82) is 5.26 Å². The second-order valence-electron chi connectivity index (χ2n) is 8.23. The maximum Gasteiger partial charge on any atom is 0.146 e. The smallest absolute Gasteiger partial charge is 0.146 e. The summed E-state index contributed by atoms with van der Waals surface area (Å²) < 4.78 is 8.18. The standard InChI is InChI=1S/C27H26N4O2.C2H6/c1-18-5-4-6-22-9-10-25(12-26(18)22)33-27-11-21(7-8-23(27)13-28)16-31-17-29-14-24(31)15-30-19(2)20(3)32;1-2/h4-12,14,17,19,30H,15-16H2,1-3H3;1-2H3. The van der Waals surface area contributed by atoms with Crippen molar-refractivity contribution in [2.24, 2.45) is 0 Å². The van der Waals surface area contributed by atoms with Crippen LogP contribution in [0.4, 0.5) is 0 Å². The zero-order chi connectivity index (χ0) is 25.4. The maximum absolute atomic E-state index is 11.5. The molecule has 4 rings (SSSR count). The molecule has 1 aromatic heterocycles. The molecule has 3 aromatic carbocycles. The van der Waals surface area contributed by atoms with Gasteiger partial charge in [0.25, 0.3) is 0 Å². The predicted octanol–water partition coefficient (Wildman–Crippen LogP) is 6.15. The van der Waals surface area contributed by atoms with Gasteiger partial charge in [0.15, 0.2) is 0 Å². The van der Waals surface area contributed by atoms with Gasteiger partial charge in [0.1, 0.15) is 23.4 Å². The fourth-order valence-corrected chi connectivity index (χ4v) is 3.68. The highest BCUT2D eigenvalue weighted by atomic mass is 16.5. The zero-order valence-electron chi connectivity index (χ0n) is 21.0. The average Bonchev–Trinajstić information content (AvgIpc) is 3.31. The van der Waals surface area contributed by atoms with E-state index in [2.05, 4.69) is 35.4 Å². The van der Waals surface area contributed by atoms with E-state index in [-0.39, 0.29) is 11.8 Å². The van der Waals surface area contributed by atoms with Gasteiger partial charge in [-0.2, -0.15) is 5.26 Å². The molecule has 0 radical (unpaired) electrons. The summed E-state index contributed by atoms with van der Waals surface area (Å²) in [7, 11) is 0. The first-order valence-electron chi connectivity index (χ1n) is 11.9. The number of hydrogen-bond acceptors (Lipinski definition) is 5. The van der Waals surface area contributed by atoms with Gasteiger partial charge in [-0.15, -0.1) is 0 Å². The first-order chi connectivity index (χ1) is 16.9. The summed E-state index contributed by atoms with van der Waals surface area (Å²) in [6, 6.07) is 19.7. The number of carbonyl (C=O) groups excluding carboxylic acids is 1. The molecular weight excluding hydrogens is 436 g/mol. The lowest BCUT2D eigenvalue weighted by molar-refractivity contribution is -0.118. The van der Waals surface area contributed by atoms with Gasteiger partial charge in [0, 0.05) is 19.3 Å². The van der Waals surface area contributed by atoms with Crippen molar-refractivity contribution >= 4 is 16.6 Å². The van der Waals surface area contributed by atoms with Crippen molar-refractivity contribution in [2.45, 2.75) is 53.8 Å². The Labute approximate surface area is 207 Å². The van der Waals surface area contributed by atoms with E-state index >= 15 is 0 Å². The molecule has 1 heterocycles.